The smallest absolute Gasteiger partial charge is 0.287 e. The molecule has 1 fully saturated rings. The highest BCUT2D eigenvalue weighted by Gasteiger charge is 2.30. The van der Waals surface area contributed by atoms with Crippen LogP contribution in [-0.4, -0.2) is 47.0 Å². The van der Waals surface area contributed by atoms with Gasteiger partial charge in [0.15, 0.2) is 5.82 Å². The van der Waals surface area contributed by atoms with Gasteiger partial charge < -0.3 is 14.8 Å². The SMILES string of the molecule is CC(=O)C[C@H](NC(=O)[C@H](CC(C)C)n1cc(CCN2CC[C@@H](F)C2)cc(F)c1=O)c1cc(-c2c(C)cccc2C)cc(C)c1F. The predicted octanol–water partition coefficient (Wildman–Crippen LogP) is 6.73. The molecule has 1 aliphatic heterocycles. The number of aryl methyl sites for hydroxylation is 3. The number of rotatable bonds is 12. The number of nitrogens with one attached hydrogen (secondary N) is 1. The largest absolute Gasteiger partial charge is 0.347 e. The van der Waals surface area contributed by atoms with Gasteiger partial charge in [-0.05, 0) is 104 Å². The third kappa shape index (κ3) is 8.31. The van der Waals surface area contributed by atoms with Crippen molar-refractivity contribution in [1.29, 1.82) is 0 Å². The second-order valence-electron chi connectivity index (χ2n) is 12.9. The molecule has 0 spiro atoms. The van der Waals surface area contributed by atoms with Gasteiger partial charge in [0.2, 0.25) is 5.91 Å². The molecule has 2 aromatic carbocycles. The standard InChI is InChI=1S/C36H44F3N3O3/c1-21(2)14-32(42-19-26(17-30(38)36(42)45)10-12-41-13-11-28(37)20-41)35(44)40-31(16-25(6)43)29-18-27(15-24(5)34(29)39)33-22(3)8-7-9-23(33)4/h7-9,15,17-19,21,28,31-32H,10-14,16,20H2,1-6H3,(H,40,44)/t28-,31+,32+/m1/s1. The van der Waals surface area contributed by atoms with Crippen molar-refractivity contribution in [2.75, 3.05) is 19.6 Å². The molecule has 4 rings (SSSR count). The molecular weight excluding hydrogens is 579 g/mol. The number of nitrogens with zero attached hydrogens (tertiary/aromatic N) is 2. The van der Waals surface area contributed by atoms with Gasteiger partial charge in [0.05, 0.1) is 6.04 Å². The third-order valence-electron chi connectivity index (χ3n) is 8.56. The Morgan fingerprint density at radius 3 is 2.33 bits per heavy atom. The highest BCUT2D eigenvalue weighted by atomic mass is 19.1. The molecule has 1 aromatic heterocycles. The van der Waals surface area contributed by atoms with Gasteiger partial charge in [0, 0.05) is 37.8 Å². The Hall–Kier alpha value is -3.72. The fourth-order valence-corrected chi connectivity index (χ4v) is 6.32. The van der Waals surface area contributed by atoms with Crippen LogP contribution in [0.5, 0.6) is 0 Å². The zero-order valence-electron chi connectivity index (χ0n) is 27.1. The van der Waals surface area contributed by atoms with E-state index in [1.807, 2.05) is 50.8 Å². The molecule has 45 heavy (non-hydrogen) atoms. The molecule has 242 valence electrons. The maximum absolute atomic E-state index is 15.8. The van der Waals surface area contributed by atoms with Crippen LogP contribution in [0, 0.1) is 38.3 Å². The lowest BCUT2D eigenvalue weighted by molar-refractivity contribution is -0.126. The summed E-state index contributed by atoms with van der Waals surface area (Å²) < 4.78 is 45.6. The van der Waals surface area contributed by atoms with Crippen LogP contribution in [-0.2, 0) is 16.0 Å². The average Bonchev–Trinajstić information content (AvgIpc) is 3.38. The second kappa shape index (κ2) is 14.6. The number of hydrogen-bond acceptors (Lipinski definition) is 4. The number of likely N-dealkylation sites (tertiary alicyclic amines) is 1. The summed E-state index contributed by atoms with van der Waals surface area (Å²) in [5, 5.41) is 2.86. The van der Waals surface area contributed by atoms with Crippen LogP contribution in [0.25, 0.3) is 11.1 Å². The molecule has 0 unspecified atom stereocenters. The Bertz CT molecular complexity index is 1600. The first-order valence-electron chi connectivity index (χ1n) is 15.7. The molecular formula is C36H44F3N3O3. The van der Waals surface area contributed by atoms with Crippen LogP contribution >= 0.6 is 0 Å². The van der Waals surface area contributed by atoms with E-state index in [0.29, 0.717) is 43.6 Å². The van der Waals surface area contributed by atoms with Crippen LogP contribution in [0.15, 0.2) is 47.4 Å². The molecule has 1 N–H and O–H groups in total. The van der Waals surface area contributed by atoms with Crippen molar-refractivity contribution in [3.05, 3.63) is 92.4 Å². The number of carbonyl (C=O) groups excluding carboxylic acids is 2. The van der Waals surface area contributed by atoms with Crippen molar-refractivity contribution in [3.8, 4) is 11.1 Å². The summed E-state index contributed by atoms with van der Waals surface area (Å²) in [5.74, 6) is -2.43. The normalized spacial score (nSPS) is 16.6. The van der Waals surface area contributed by atoms with Crippen molar-refractivity contribution in [1.82, 2.24) is 14.8 Å². The molecule has 3 aromatic rings. The average molecular weight is 624 g/mol. The lowest BCUT2D eigenvalue weighted by Gasteiger charge is -2.26. The number of ketones is 1. The lowest BCUT2D eigenvalue weighted by Crippen LogP contribution is -2.41. The molecule has 2 heterocycles. The number of alkyl halides is 1. The van der Waals surface area contributed by atoms with E-state index in [4.69, 9.17) is 0 Å². The summed E-state index contributed by atoms with van der Waals surface area (Å²) in [6, 6.07) is 8.38. The quantitative estimate of drug-likeness (QED) is 0.243. The van der Waals surface area contributed by atoms with Gasteiger partial charge in [-0.2, -0.15) is 0 Å². The Labute approximate surface area is 263 Å². The van der Waals surface area contributed by atoms with E-state index >= 15 is 4.39 Å². The van der Waals surface area contributed by atoms with E-state index in [1.165, 1.54) is 19.2 Å². The minimum atomic E-state index is -1.10. The zero-order valence-corrected chi connectivity index (χ0v) is 27.1. The van der Waals surface area contributed by atoms with Crippen LogP contribution < -0.4 is 10.9 Å². The van der Waals surface area contributed by atoms with Gasteiger partial charge in [-0.1, -0.05) is 32.0 Å². The van der Waals surface area contributed by atoms with Crippen molar-refractivity contribution in [3.63, 3.8) is 0 Å². The van der Waals surface area contributed by atoms with Crippen LogP contribution in [0.3, 0.4) is 0 Å². The van der Waals surface area contributed by atoms with E-state index in [-0.39, 0.29) is 30.1 Å². The summed E-state index contributed by atoms with van der Waals surface area (Å²) in [4.78, 5) is 41.5. The van der Waals surface area contributed by atoms with Gasteiger partial charge >= 0.3 is 0 Å². The van der Waals surface area contributed by atoms with E-state index in [9.17, 15) is 23.2 Å². The summed E-state index contributed by atoms with van der Waals surface area (Å²) in [5.41, 5.74) is 3.84. The van der Waals surface area contributed by atoms with Crippen LogP contribution in [0.4, 0.5) is 13.2 Å². The summed E-state index contributed by atoms with van der Waals surface area (Å²) in [6.07, 6.45) is 1.49. The number of hydrogen-bond donors (Lipinski definition) is 1. The summed E-state index contributed by atoms with van der Waals surface area (Å²) >= 11 is 0. The highest BCUT2D eigenvalue weighted by molar-refractivity contribution is 5.83. The van der Waals surface area contributed by atoms with E-state index in [2.05, 4.69) is 5.32 Å². The van der Waals surface area contributed by atoms with Gasteiger partial charge in [0.25, 0.3) is 5.56 Å². The van der Waals surface area contributed by atoms with E-state index < -0.39 is 41.4 Å². The molecule has 3 atom stereocenters. The Morgan fingerprint density at radius 1 is 1.04 bits per heavy atom. The molecule has 0 aliphatic carbocycles. The number of aromatic nitrogens is 1. The number of carbonyl (C=O) groups is 2. The molecule has 0 bridgehead atoms. The second-order valence-corrected chi connectivity index (χ2v) is 12.9. The van der Waals surface area contributed by atoms with Crippen LogP contribution in [0.1, 0.15) is 79.9 Å². The minimum Gasteiger partial charge on any atom is -0.347 e. The van der Waals surface area contributed by atoms with Crippen molar-refractivity contribution in [2.24, 2.45) is 5.92 Å². The van der Waals surface area contributed by atoms with Gasteiger partial charge in [-0.3, -0.25) is 14.4 Å². The maximum atomic E-state index is 15.8. The summed E-state index contributed by atoms with van der Waals surface area (Å²) in [7, 11) is 0. The first-order chi connectivity index (χ1) is 21.2. The van der Waals surface area contributed by atoms with Crippen molar-refractivity contribution < 1.29 is 22.8 Å². The molecule has 6 nitrogen and oxygen atoms in total. The molecule has 9 heteroatoms. The van der Waals surface area contributed by atoms with Gasteiger partial charge in [-0.25, -0.2) is 13.2 Å². The topological polar surface area (TPSA) is 71.4 Å². The molecule has 1 amide bonds. The lowest BCUT2D eigenvalue weighted by atomic mass is 9.90. The fraction of sp³-hybridized carbons (Fsp3) is 0.472. The van der Waals surface area contributed by atoms with Crippen molar-refractivity contribution >= 4 is 11.7 Å². The number of halogens is 3. The maximum Gasteiger partial charge on any atom is 0.287 e. The predicted molar refractivity (Wildman–Crippen MR) is 171 cm³/mol. The van der Waals surface area contributed by atoms with E-state index in [1.54, 1.807) is 19.1 Å². The van der Waals surface area contributed by atoms with Gasteiger partial charge in [-0.15, -0.1) is 0 Å². The molecule has 1 saturated heterocycles. The minimum absolute atomic E-state index is 0.0527. The number of pyridine rings is 1. The summed E-state index contributed by atoms with van der Waals surface area (Å²) in [6.45, 7) is 12.2. The molecule has 1 aliphatic rings. The van der Waals surface area contributed by atoms with Gasteiger partial charge in [0.1, 0.15) is 23.8 Å². The zero-order chi connectivity index (χ0) is 33.0. The fourth-order valence-electron chi connectivity index (χ4n) is 6.32. The molecule has 0 saturated carbocycles. The van der Waals surface area contributed by atoms with Crippen LogP contribution in [0.2, 0.25) is 0 Å². The number of benzene rings is 2. The molecule has 0 radical (unpaired) electrons. The number of Topliss-reactive ketones (excluding diaryl/α,β-unsaturated/α-hetero) is 1. The third-order valence-corrected chi connectivity index (χ3v) is 8.56. The Morgan fingerprint density at radius 2 is 1.73 bits per heavy atom. The Kier molecular flexibility index (Phi) is 11.1. The van der Waals surface area contributed by atoms with Crippen molar-refractivity contribution in [2.45, 2.75) is 85.5 Å². The highest BCUT2D eigenvalue weighted by Crippen LogP contribution is 2.34. The number of amides is 1. The first kappa shape index (κ1) is 34.2. The Balaban J connectivity index is 1.71. The monoisotopic (exact) mass is 623 g/mol. The first-order valence-corrected chi connectivity index (χ1v) is 15.7. The van der Waals surface area contributed by atoms with E-state index in [0.717, 1.165) is 26.8 Å².